The summed E-state index contributed by atoms with van der Waals surface area (Å²) in [7, 11) is 5.72. The molecule has 0 saturated heterocycles. The predicted molar refractivity (Wildman–Crippen MR) is 135 cm³/mol. The molecule has 1 heterocycles. The van der Waals surface area contributed by atoms with Gasteiger partial charge in [0.25, 0.3) is 5.91 Å². The standard InChI is InChI=1S/C25H27Cl2FN4O2/c1-15(22-19(26)9-10-20(28)23(22)27)34-21-13-18(14-30-24(21)29)16-5-7-17(8-6-16)25(33)32(4)12-11-31(2)3/h5-10,13-15H,11-12H2,1-4H3,(H2,29,30). The Bertz CT molecular complexity index is 1170. The molecule has 0 aliphatic rings. The maximum absolute atomic E-state index is 13.9. The first-order valence-electron chi connectivity index (χ1n) is 10.6. The summed E-state index contributed by atoms with van der Waals surface area (Å²) in [5, 5.41) is 0.191. The molecule has 0 aliphatic carbocycles. The molecule has 1 amide bonds. The van der Waals surface area contributed by atoms with E-state index >= 15 is 0 Å². The molecule has 1 unspecified atom stereocenters. The lowest BCUT2D eigenvalue weighted by atomic mass is 10.0. The Morgan fingerprint density at radius 1 is 1.09 bits per heavy atom. The molecule has 180 valence electrons. The number of nitrogens with zero attached hydrogens (tertiary/aromatic N) is 3. The number of hydrogen-bond acceptors (Lipinski definition) is 5. The van der Waals surface area contributed by atoms with E-state index < -0.39 is 11.9 Å². The minimum absolute atomic E-state index is 0.0504. The molecule has 6 nitrogen and oxygen atoms in total. The Labute approximate surface area is 209 Å². The number of aromatic nitrogens is 1. The molecule has 1 atom stereocenters. The molecular formula is C25H27Cl2FN4O2. The van der Waals surface area contributed by atoms with Crippen LogP contribution in [0.2, 0.25) is 10.0 Å². The van der Waals surface area contributed by atoms with Crippen molar-refractivity contribution in [1.82, 2.24) is 14.8 Å². The fourth-order valence-electron chi connectivity index (χ4n) is 3.35. The van der Waals surface area contributed by atoms with Gasteiger partial charge in [-0.15, -0.1) is 0 Å². The first kappa shape index (κ1) is 25.7. The Hall–Kier alpha value is -2.87. The third-order valence-electron chi connectivity index (χ3n) is 5.37. The van der Waals surface area contributed by atoms with Crippen LogP contribution in [0.4, 0.5) is 10.2 Å². The Kier molecular flexibility index (Phi) is 8.36. The summed E-state index contributed by atoms with van der Waals surface area (Å²) in [6.07, 6.45) is 0.947. The van der Waals surface area contributed by atoms with Gasteiger partial charge in [-0.3, -0.25) is 4.79 Å². The van der Waals surface area contributed by atoms with E-state index in [2.05, 4.69) is 4.98 Å². The van der Waals surface area contributed by atoms with Gasteiger partial charge in [-0.2, -0.15) is 0 Å². The summed E-state index contributed by atoms with van der Waals surface area (Å²) in [4.78, 5) is 20.6. The van der Waals surface area contributed by atoms with Crippen molar-refractivity contribution in [2.24, 2.45) is 0 Å². The van der Waals surface area contributed by atoms with Crippen LogP contribution in [0, 0.1) is 5.82 Å². The zero-order valence-electron chi connectivity index (χ0n) is 19.5. The van der Waals surface area contributed by atoms with Gasteiger partial charge in [-0.1, -0.05) is 35.3 Å². The van der Waals surface area contributed by atoms with Gasteiger partial charge in [-0.25, -0.2) is 9.37 Å². The molecule has 9 heteroatoms. The van der Waals surface area contributed by atoms with Gasteiger partial charge < -0.3 is 20.3 Å². The Balaban J connectivity index is 1.80. The Morgan fingerprint density at radius 2 is 1.76 bits per heavy atom. The van der Waals surface area contributed by atoms with Gasteiger partial charge in [0.15, 0.2) is 11.6 Å². The summed E-state index contributed by atoms with van der Waals surface area (Å²) in [5.41, 5.74) is 8.51. The van der Waals surface area contributed by atoms with E-state index in [9.17, 15) is 9.18 Å². The summed E-state index contributed by atoms with van der Waals surface area (Å²) in [6.45, 7) is 3.12. The summed E-state index contributed by atoms with van der Waals surface area (Å²) in [6, 6.07) is 11.6. The van der Waals surface area contributed by atoms with Crippen molar-refractivity contribution in [3.05, 3.63) is 75.7 Å². The molecule has 34 heavy (non-hydrogen) atoms. The maximum Gasteiger partial charge on any atom is 0.253 e. The molecule has 3 rings (SSSR count). The second-order valence-electron chi connectivity index (χ2n) is 8.23. The van der Waals surface area contributed by atoms with E-state index in [0.717, 1.165) is 17.7 Å². The number of nitrogens with two attached hydrogens (primary N) is 1. The van der Waals surface area contributed by atoms with Crippen LogP contribution in [0.15, 0.2) is 48.7 Å². The lowest BCUT2D eigenvalue weighted by Crippen LogP contribution is -2.33. The number of anilines is 1. The Morgan fingerprint density at radius 3 is 2.41 bits per heavy atom. The molecular weight excluding hydrogens is 478 g/mol. The average Bonchev–Trinajstić information content (AvgIpc) is 2.81. The number of pyridine rings is 1. The number of benzene rings is 2. The molecule has 2 aromatic carbocycles. The first-order valence-corrected chi connectivity index (χ1v) is 11.4. The smallest absolute Gasteiger partial charge is 0.253 e. The topological polar surface area (TPSA) is 71.7 Å². The van der Waals surface area contributed by atoms with Gasteiger partial charge in [-0.05, 0) is 56.9 Å². The minimum atomic E-state index is -0.673. The van der Waals surface area contributed by atoms with Gasteiger partial charge in [0.2, 0.25) is 0 Å². The highest BCUT2D eigenvalue weighted by Crippen LogP contribution is 2.37. The van der Waals surface area contributed by atoms with Crippen molar-refractivity contribution in [2.75, 3.05) is 40.0 Å². The van der Waals surface area contributed by atoms with E-state index in [1.54, 1.807) is 43.3 Å². The molecule has 0 saturated carbocycles. The molecule has 1 aromatic heterocycles. The SMILES string of the molecule is CC(Oc1cc(-c2ccc(C(=O)N(C)CCN(C)C)cc2)cnc1N)c1c(Cl)ccc(F)c1Cl. The maximum atomic E-state index is 13.9. The number of likely N-dealkylation sites (N-methyl/N-ethyl adjacent to an activating group) is 2. The molecule has 0 bridgehead atoms. The molecule has 3 aromatic rings. The van der Waals surface area contributed by atoms with Crippen molar-refractivity contribution in [3.8, 4) is 16.9 Å². The van der Waals surface area contributed by atoms with Crippen molar-refractivity contribution < 1.29 is 13.9 Å². The zero-order valence-corrected chi connectivity index (χ0v) is 21.0. The zero-order chi connectivity index (χ0) is 25.0. The molecule has 2 N–H and O–H groups in total. The fourth-order valence-corrected chi connectivity index (χ4v) is 4.03. The third kappa shape index (κ3) is 5.97. The quantitative estimate of drug-likeness (QED) is 0.407. The van der Waals surface area contributed by atoms with Crippen LogP contribution in [0.3, 0.4) is 0 Å². The number of rotatable bonds is 8. The van der Waals surface area contributed by atoms with Crippen molar-refractivity contribution in [3.63, 3.8) is 0 Å². The number of ether oxygens (including phenoxy) is 1. The van der Waals surface area contributed by atoms with Crippen LogP contribution < -0.4 is 10.5 Å². The second-order valence-corrected chi connectivity index (χ2v) is 9.02. The van der Waals surface area contributed by atoms with Crippen LogP contribution in [0.1, 0.15) is 28.9 Å². The highest BCUT2D eigenvalue weighted by Gasteiger charge is 2.20. The summed E-state index contributed by atoms with van der Waals surface area (Å²) < 4.78 is 19.9. The largest absolute Gasteiger partial charge is 0.482 e. The van der Waals surface area contributed by atoms with E-state index in [4.69, 9.17) is 33.7 Å². The van der Waals surface area contributed by atoms with E-state index in [0.29, 0.717) is 23.4 Å². The molecule has 0 spiro atoms. The highest BCUT2D eigenvalue weighted by atomic mass is 35.5. The van der Waals surface area contributed by atoms with Crippen molar-refractivity contribution in [2.45, 2.75) is 13.0 Å². The normalized spacial score (nSPS) is 12.0. The first-order chi connectivity index (χ1) is 16.1. The number of carbonyl (C=O) groups excluding carboxylic acids is 1. The van der Waals surface area contributed by atoms with E-state index in [1.807, 2.05) is 31.1 Å². The highest BCUT2D eigenvalue weighted by molar-refractivity contribution is 6.36. The number of amides is 1. The van der Waals surface area contributed by atoms with E-state index in [1.165, 1.54) is 12.1 Å². The predicted octanol–water partition coefficient (Wildman–Crippen LogP) is 5.55. The number of carbonyl (C=O) groups is 1. The van der Waals surface area contributed by atoms with Gasteiger partial charge in [0.1, 0.15) is 11.9 Å². The van der Waals surface area contributed by atoms with Crippen molar-refractivity contribution >= 4 is 34.9 Å². The number of halogens is 3. The monoisotopic (exact) mass is 504 g/mol. The lowest BCUT2D eigenvalue weighted by Gasteiger charge is -2.20. The number of hydrogen-bond donors (Lipinski definition) is 1. The molecule has 0 aliphatic heterocycles. The van der Waals surface area contributed by atoms with Crippen molar-refractivity contribution in [1.29, 1.82) is 0 Å². The second kappa shape index (κ2) is 11.0. The van der Waals surface area contributed by atoms with Gasteiger partial charge in [0.05, 0.1) is 5.02 Å². The summed E-state index contributed by atoms with van der Waals surface area (Å²) in [5.74, 6) is -0.151. The van der Waals surface area contributed by atoms with Gasteiger partial charge in [0, 0.05) is 48.0 Å². The third-order valence-corrected chi connectivity index (χ3v) is 6.08. The summed E-state index contributed by atoms with van der Waals surface area (Å²) >= 11 is 12.3. The van der Waals surface area contributed by atoms with Crippen LogP contribution >= 0.6 is 23.2 Å². The van der Waals surface area contributed by atoms with E-state index in [-0.39, 0.29) is 21.8 Å². The van der Waals surface area contributed by atoms with Gasteiger partial charge >= 0.3 is 0 Å². The van der Waals surface area contributed by atoms with Crippen LogP contribution in [-0.2, 0) is 0 Å². The molecule has 0 radical (unpaired) electrons. The number of nitrogen functional groups attached to an aromatic ring is 1. The average molecular weight is 505 g/mol. The fraction of sp³-hybridized carbons (Fsp3) is 0.280. The lowest BCUT2D eigenvalue weighted by molar-refractivity contribution is 0.0786. The van der Waals surface area contributed by atoms with Crippen LogP contribution in [0.25, 0.3) is 11.1 Å². The molecule has 0 fully saturated rings. The minimum Gasteiger partial charge on any atom is -0.482 e. The van der Waals surface area contributed by atoms with Crippen LogP contribution in [0.5, 0.6) is 5.75 Å². The van der Waals surface area contributed by atoms with Crippen LogP contribution in [-0.4, -0.2) is 54.9 Å².